The predicted octanol–water partition coefficient (Wildman–Crippen LogP) is 2.72. The van der Waals surface area contributed by atoms with Crippen LogP contribution >= 0.6 is 0 Å². The molecule has 0 aliphatic heterocycles. The van der Waals surface area contributed by atoms with Gasteiger partial charge < -0.3 is 14.4 Å². The molecule has 1 atom stereocenters. The van der Waals surface area contributed by atoms with Crippen LogP contribution in [0.1, 0.15) is 42.6 Å². The minimum Gasteiger partial charge on any atom is -0.476 e. The molecule has 2 aromatic heterocycles. The molecule has 136 valence electrons. The normalized spacial score (nSPS) is 12.2. The Morgan fingerprint density at radius 1 is 1.35 bits per heavy atom. The molecule has 1 N–H and O–H groups in total. The summed E-state index contributed by atoms with van der Waals surface area (Å²) >= 11 is 0. The third kappa shape index (κ3) is 3.58. The quantitative estimate of drug-likeness (QED) is 0.698. The number of furan rings is 1. The fourth-order valence-electron chi connectivity index (χ4n) is 2.84. The highest BCUT2D eigenvalue weighted by atomic mass is 16.4. The van der Waals surface area contributed by atoms with Crippen molar-refractivity contribution in [3.8, 4) is 0 Å². The van der Waals surface area contributed by atoms with Gasteiger partial charge in [-0.3, -0.25) is 4.79 Å². The van der Waals surface area contributed by atoms with Gasteiger partial charge in [-0.2, -0.15) is 0 Å². The van der Waals surface area contributed by atoms with Crippen LogP contribution < -0.4 is 0 Å². The molecule has 0 aliphatic carbocycles. The van der Waals surface area contributed by atoms with Gasteiger partial charge in [-0.15, -0.1) is 5.10 Å². The van der Waals surface area contributed by atoms with Gasteiger partial charge in [0.15, 0.2) is 5.69 Å². The number of hydrogen-bond acceptors (Lipinski definition) is 5. The highest BCUT2D eigenvalue weighted by Crippen LogP contribution is 2.27. The highest BCUT2D eigenvalue weighted by molar-refractivity contribution is 5.85. The van der Waals surface area contributed by atoms with E-state index in [-0.39, 0.29) is 24.2 Å². The van der Waals surface area contributed by atoms with Crippen LogP contribution in [0.3, 0.4) is 0 Å². The molecule has 0 bridgehead atoms. The van der Waals surface area contributed by atoms with Crippen LogP contribution in [0.15, 0.2) is 40.9 Å². The zero-order valence-corrected chi connectivity index (χ0v) is 14.6. The van der Waals surface area contributed by atoms with E-state index in [9.17, 15) is 9.59 Å². The van der Waals surface area contributed by atoms with Crippen LogP contribution in [0.2, 0.25) is 0 Å². The Morgan fingerprint density at radius 3 is 2.77 bits per heavy atom. The SMILES string of the molecule is CCCN(C(=O)Cn1cc(C(=O)O)nn1)C(C)c1cc2ccccc2o1. The van der Waals surface area contributed by atoms with Crippen molar-refractivity contribution in [3.05, 3.63) is 48.0 Å². The van der Waals surface area contributed by atoms with Crippen molar-refractivity contribution in [2.75, 3.05) is 6.54 Å². The molecule has 1 aromatic carbocycles. The minimum absolute atomic E-state index is 0.0785. The zero-order chi connectivity index (χ0) is 18.7. The first-order valence-corrected chi connectivity index (χ1v) is 8.41. The van der Waals surface area contributed by atoms with Crippen molar-refractivity contribution >= 4 is 22.8 Å². The van der Waals surface area contributed by atoms with E-state index in [4.69, 9.17) is 9.52 Å². The van der Waals surface area contributed by atoms with Gasteiger partial charge in [0.05, 0.1) is 12.2 Å². The topological polar surface area (TPSA) is 101 Å². The first-order chi connectivity index (χ1) is 12.5. The molecule has 3 aromatic rings. The summed E-state index contributed by atoms with van der Waals surface area (Å²) < 4.78 is 7.12. The van der Waals surface area contributed by atoms with E-state index >= 15 is 0 Å². The van der Waals surface area contributed by atoms with Crippen molar-refractivity contribution in [2.45, 2.75) is 32.9 Å². The number of fused-ring (bicyclic) bond motifs is 1. The number of nitrogens with zero attached hydrogens (tertiary/aromatic N) is 4. The smallest absolute Gasteiger partial charge is 0.358 e. The largest absolute Gasteiger partial charge is 0.476 e. The Kier molecular flexibility index (Phi) is 5.01. The van der Waals surface area contributed by atoms with Gasteiger partial charge in [-0.05, 0) is 25.5 Å². The van der Waals surface area contributed by atoms with Crippen LogP contribution in [-0.4, -0.2) is 43.4 Å². The van der Waals surface area contributed by atoms with Gasteiger partial charge in [-0.25, -0.2) is 9.48 Å². The molecule has 0 saturated heterocycles. The molecule has 0 radical (unpaired) electrons. The Balaban J connectivity index is 1.79. The fraction of sp³-hybridized carbons (Fsp3) is 0.333. The van der Waals surface area contributed by atoms with E-state index in [1.165, 1.54) is 10.9 Å². The lowest BCUT2D eigenvalue weighted by Gasteiger charge is -2.27. The molecule has 8 heteroatoms. The number of para-hydroxylation sites is 1. The average molecular weight is 356 g/mol. The standard InChI is InChI=1S/C18H20N4O4/c1-3-8-22(17(23)11-21-10-14(18(24)25)19-20-21)12(2)16-9-13-6-4-5-7-15(13)26-16/h4-7,9-10,12H,3,8,11H2,1-2H3,(H,24,25). The third-order valence-corrected chi connectivity index (χ3v) is 4.16. The van der Waals surface area contributed by atoms with Crippen LogP contribution in [0, 0.1) is 0 Å². The van der Waals surface area contributed by atoms with Crippen molar-refractivity contribution in [3.63, 3.8) is 0 Å². The summed E-state index contributed by atoms with van der Waals surface area (Å²) in [4.78, 5) is 25.4. The summed E-state index contributed by atoms with van der Waals surface area (Å²) in [6.45, 7) is 4.38. The Bertz CT molecular complexity index is 897. The number of aromatic nitrogens is 3. The van der Waals surface area contributed by atoms with Crippen molar-refractivity contribution in [1.82, 2.24) is 19.9 Å². The van der Waals surface area contributed by atoms with Gasteiger partial charge in [0.1, 0.15) is 17.9 Å². The van der Waals surface area contributed by atoms with Crippen molar-refractivity contribution < 1.29 is 19.1 Å². The van der Waals surface area contributed by atoms with E-state index in [0.717, 1.165) is 17.4 Å². The number of hydrogen-bond donors (Lipinski definition) is 1. The summed E-state index contributed by atoms with van der Waals surface area (Å²) in [5, 5.41) is 17.1. The van der Waals surface area contributed by atoms with Crippen LogP contribution in [0.4, 0.5) is 0 Å². The molecular weight excluding hydrogens is 336 g/mol. The number of benzene rings is 1. The van der Waals surface area contributed by atoms with Gasteiger partial charge in [0.2, 0.25) is 5.91 Å². The molecule has 0 spiro atoms. The molecular formula is C18H20N4O4. The van der Waals surface area contributed by atoms with Crippen LogP contribution in [0.25, 0.3) is 11.0 Å². The van der Waals surface area contributed by atoms with Crippen LogP contribution in [-0.2, 0) is 11.3 Å². The van der Waals surface area contributed by atoms with Gasteiger partial charge in [0.25, 0.3) is 0 Å². The maximum atomic E-state index is 12.8. The van der Waals surface area contributed by atoms with Crippen molar-refractivity contribution in [1.29, 1.82) is 0 Å². The molecule has 3 rings (SSSR count). The molecule has 1 unspecified atom stereocenters. The average Bonchev–Trinajstić information content (AvgIpc) is 3.25. The molecule has 0 fully saturated rings. The predicted molar refractivity (Wildman–Crippen MR) is 93.6 cm³/mol. The number of carbonyl (C=O) groups is 2. The number of amides is 1. The van der Waals surface area contributed by atoms with Gasteiger partial charge in [-0.1, -0.05) is 30.3 Å². The lowest BCUT2D eigenvalue weighted by atomic mass is 10.2. The van der Waals surface area contributed by atoms with E-state index in [1.807, 2.05) is 44.2 Å². The van der Waals surface area contributed by atoms with E-state index in [0.29, 0.717) is 12.3 Å². The second kappa shape index (κ2) is 7.38. The number of rotatable bonds is 7. The lowest BCUT2D eigenvalue weighted by molar-refractivity contribution is -0.134. The molecule has 2 heterocycles. The highest BCUT2D eigenvalue weighted by Gasteiger charge is 2.24. The second-order valence-corrected chi connectivity index (χ2v) is 6.06. The van der Waals surface area contributed by atoms with E-state index in [2.05, 4.69) is 10.3 Å². The van der Waals surface area contributed by atoms with Gasteiger partial charge >= 0.3 is 5.97 Å². The molecule has 1 amide bonds. The summed E-state index contributed by atoms with van der Waals surface area (Å²) in [6.07, 6.45) is 2.03. The first kappa shape index (κ1) is 17.7. The molecule has 26 heavy (non-hydrogen) atoms. The third-order valence-electron chi connectivity index (χ3n) is 4.16. The second-order valence-electron chi connectivity index (χ2n) is 6.06. The summed E-state index contributed by atoms with van der Waals surface area (Å²) in [5.74, 6) is -0.649. The number of carboxylic acid groups (broad SMARTS) is 1. The Hall–Kier alpha value is -3.16. The molecule has 0 aliphatic rings. The minimum atomic E-state index is -1.18. The monoisotopic (exact) mass is 356 g/mol. The summed E-state index contributed by atoms with van der Waals surface area (Å²) in [6, 6.07) is 9.38. The zero-order valence-electron chi connectivity index (χ0n) is 14.6. The maximum Gasteiger partial charge on any atom is 0.358 e. The molecule has 0 saturated carbocycles. The number of carbonyl (C=O) groups excluding carboxylic acids is 1. The summed E-state index contributed by atoms with van der Waals surface area (Å²) in [7, 11) is 0. The Morgan fingerprint density at radius 2 is 2.12 bits per heavy atom. The molecule has 8 nitrogen and oxygen atoms in total. The number of carboxylic acids is 1. The summed E-state index contributed by atoms with van der Waals surface area (Å²) in [5.41, 5.74) is 0.589. The first-order valence-electron chi connectivity index (χ1n) is 8.41. The van der Waals surface area contributed by atoms with E-state index < -0.39 is 5.97 Å². The van der Waals surface area contributed by atoms with Gasteiger partial charge in [0, 0.05) is 11.9 Å². The number of aromatic carboxylic acids is 1. The fourth-order valence-corrected chi connectivity index (χ4v) is 2.84. The van der Waals surface area contributed by atoms with Crippen LogP contribution in [0.5, 0.6) is 0 Å². The van der Waals surface area contributed by atoms with E-state index in [1.54, 1.807) is 4.90 Å². The Labute approximate surface area is 150 Å². The van der Waals surface area contributed by atoms with Crippen molar-refractivity contribution in [2.24, 2.45) is 0 Å². The lowest BCUT2D eigenvalue weighted by Crippen LogP contribution is -2.36. The maximum absolute atomic E-state index is 12.8.